The number of H-pyrrole nitrogens is 1. The quantitative estimate of drug-likeness (QED) is 0.660. The van der Waals surface area contributed by atoms with E-state index in [9.17, 15) is 4.79 Å². The largest absolute Gasteiger partial charge is 0.462 e. The molecular formula is C17H16BrN3O2. The second kappa shape index (κ2) is 6.83. The molecule has 0 aliphatic heterocycles. The third kappa shape index (κ3) is 3.71. The molecule has 0 aliphatic carbocycles. The van der Waals surface area contributed by atoms with E-state index < -0.39 is 0 Å². The maximum atomic E-state index is 11.6. The fourth-order valence-electron chi connectivity index (χ4n) is 2.22. The molecule has 0 saturated heterocycles. The number of rotatable bonds is 5. The van der Waals surface area contributed by atoms with Gasteiger partial charge in [0.05, 0.1) is 23.2 Å². The fourth-order valence-corrected chi connectivity index (χ4v) is 2.59. The van der Waals surface area contributed by atoms with Crippen LogP contribution in [0.25, 0.3) is 11.0 Å². The van der Waals surface area contributed by atoms with Crippen LogP contribution in [0.5, 0.6) is 0 Å². The Kier molecular flexibility index (Phi) is 4.62. The molecule has 0 aliphatic rings. The Bertz CT molecular complexity index is 827. The molecule has 2 N–H and O–H groups in total. The van der Waals surface area contributed by atoms with Crippen molar-refractivity contribution in [1.82, 2.24) is 9.97 Å². The van der Waals surface area contributed by atoms with Crippen LogP contribution in [0.3, 0.4) is 0 Å². The first kappa shape index (κ1) is 15.6. The molecule has 0 bridgehead atoms. The number of anilines is 1. The van der Waals surface area contributed by atoms with Crippen molar-refractivity contribution in [3.05, 3.63) is 58.1 Å². The predicted molar refractivity (Wildman–Crippen MR) is 93.5 cm³/mol. The van der Waals surface area contributed by atoms with Crippen LogP contribution in [0.15, 0.2) is 46.9 Å². The second-order valence-corrected chi connectivity index (χ2v) is 5.93. The molecule has 5 nitrogen and oxygen atoms in total. The highest BCUT2D eigenvalue weighted by Crippen LogP contribution is 2.19. The molecule has 1 heterocycles. The Morgan fingerprint density at radius 3 is 2.78 bits per heavy atom. The van der Waals surface area contributed by atoms with Crippen molar-refractivity contribution in [3.8, 4) is 0 Å². The third-order valence-electron chi connectivity index (χ3n) is 3.37. The van der Waals surface area contributed by atoms with Gasteiger partial charge in [-0.15, -0.1) is 0 Å². The van der Waals surface area contributed by atoms with Crippen LogP contribution in [0.1, 0.15) is 22.8 Å². The van der Waals surface area contributed by atoms with Crippen molar-refractivity contribution < 1.29 is 9.53 Å². The zero-order valence-corrected chi connectivity index (χ0v) is 14.2. The van der Waals surface area contributed by atoms with Gasteiger partial charge in [-0.25, -0.2) is 9.78 Å². The van der Waals surface area contributed by atoms with Crippen molar-refractivity contribution in [2.24, 2.45) is 0 Å². The number of ether oxygens (including phenoxy) is 1. The lowest BCUT2D eigenvalue weighted by atomic mass is 10.1. The van der Waals surface area contributed by atoms with Crippen molar-refractivity contribution in [2.75, 3.05) is 11.9 Å². The second-order valence-electron chi connectivity index (χ2n) is 5.02. The number of halogens is 1. The van der Waals surface area contributed by atoms with Crippen molar-refractivity contribution in [2.45, 2.75) is 13.5 Å². The van der Waals surface area contributed by atoms with Gasteiger partial charge in [-0.3, -0.25) is 0 Å². The number of aromatic nitrogens is 2. The normalized spacial score (nSPS) is 10.7. The highest BCUT2D eigenvalue weighted by molar-refractivity contribution is 9.10. The molecule has 118 valence electrons. The van der Waals surface area contributed by atoms with Crippen LogP contribution in [0.2, 0.25) is 0 Å². The summed E-state index contributed by atoms with van der Waals surface area (Å²) in [4.78, 5) is 19.3. The number of imidazole rings is 1. The molecule has 3 aromatic rings. The molecule has 3 rings (SSSR count). The molecule has 2 aromatic carbocycles. The van der Waals surface area contributed by atoms with E-state index in [4.69, 9.17) is 4.74 Å². The third-order valence-corrected chi connectivity index (χ3v) is 3.86. The maximum absolute atomic E-state index is 11.6. The highest BCUT2D eigenvalue weighted by Gasteiger charge is 2.06. The molecule has 0 unspecified atom stereocenters. The first-order chi connectivity index (χ1) is 11.2. The molecule has 0 radical (unpaired) electrons. The summed E-state index contributed by atoms with van der Waals surface area (Å²) >= 11 is 3.44. The van der Waals surface area contributed by atoms with E-state index in [0.717, 1.165) is 21.1 Å². The first-order valence-corrected chi connectivity index (χ1v) is 8.10. The minimum atomic E-state index is -0.296. The average Bonchev–Trinajstić information content (AvgIpc) is 2.95. The van der Waals surface area contributed by atoms with Crippen LogP contribution in [-0.2, 0) is 11.3 Å². The minimum absolute atomic E-state index is 0.296. The van der Waals surface area contributed by atoms with Gasteiger partial charge in [-0.05, 0) is 42.8 Å². The maximum Gasteiger partial charge on any atom is 0.338 e. The van der Waals surface area contributed by atoms with E-state index in [2.05, 4.69) is 31.2 Å². The lowest BCUT2D eigenvalue weighted by Crippen LogP contribution is -2.05. The van der Waals surface area contributed by atoms with Crippen molar-refractivity contribution in [3.63, 3.8) is 0 Å². The lowest BCUT2D eigenvalue weighted by molar-refractivity contribution is 0.0526. The molecule has 23 heavy (non-hydrogen) atoms. The number of aromatic amines is 1. The van der Waals surface area contributed by atoms with Gasteiger partial charge in [0.1, 0.15) is 0 Å². The lowest BCUT2D eigenvalue weighted by Gasteiger charge is -2.05. The number of hydrogen-bond acceptors (Lipinski definition) is 4. The van der Waals surface area contributed by atoms with Gasteiger partial charge < -0.3 is 15.0 Å². The Labute approximate surface area is 142 Å². The Balaban J connectivity index is 1.66. The van der Waals surface area contributed by atoms with E-state index >= 15 is 0 Å². The molecule has 0 atom stereocenters. The minimum Gasteiger partial charge on any atom is -0.462 e. The van der Waals surface area contributed by atoms with Crippen molar-refractivity contribution in [1.29, 1.82) is 0 Å². The van der Waals surface area contributed by atoms with Gasteiger partial charge >= 0.3 is 5.97 Å². The molecule has 6 heteroatoms. The highest BCUT2D eigenvalue weighted by atomic mass is 79.9. The Morgan fingerprint density at radius 2 is 2.04 bits per heavy atom. The van der Waals surface area contributed by atoms with E-state index in [1.165, 1.54) is 0 Å². The summed E-state index contributed by atoms with van der Waals surface area (Å²) in [7, 11) is 0. The zero-order chi connectivity index (χ0) is 16.2. The van der Waals surface area contributed by atoms with Gasteiger partial charge in [-0.2, -0.15) is 0 Å². The standard InChI is InChI=1S/C17H16BrN3O2/c1-2-23-16(22)12-5-3-11(4-6-12)10-19-17-20-14-8-7-13(18)9-15(14)21-17/h3-9H,2,10H2,1H3,(H2,19,20,21). The molecule has 0 fully saturated rings. The van der Waals surface area contributed by atoms with Gasteiger partial charge in [0.2, 0.25) is 5.95 Å². The number of carbonyl (C=O) groups is 1. The number of carbonyl (C=O) groups excluding carboxylic acids is 1. The number of esters is 1. The number of hydrogen-bond donors (Lipinski definition) is 2. The Morgan fingerprint density at radius 1 is 1.26 bits per heavy atom. The van der Waals surface area contributed by atoms with Gasteiger partial charge in [0, 0.05) is 11.0 Å². The van der Waals surface area contributed by atoms with Crippen molar-refractivity contribution >= 4 is 38.9 Å². The first-order valence-electron chi connectivity index (χ1n) is 7.31. The number of benzene rings is 2. The summed E-state index contributed by atoms with van der Waals surface area (Å²) in [5, 5.41) is 3.25. The van der Waals surface area contributed by atoms with Crippen LogP contribution in [0, 0.1) is 0 Å². The molecule has 0 saturated carbocycles. The number of fused-ring (bicyclic) bond motifs is 1. The zero-order valence-electron chi connectivity index (χ0n) is 12.6. The van der Waals surface area contributed by atoms with Gasteiger partial charge in [0.25, 0.3) is 0 Å². The summed E-state index contributed by atoms with van der Waals surface area (Å²) in [6.45, 7) is 2.79. The summed E-state index contributed by atoms with van der Waals surface area (Å²) < 4.78 is 5.98. The summed E-state index contributed by atoms with van der Waals surface area (Å²) in [5.74, 6) is 0.419. The van der Waals surface area contributed by atoms with Crippen LogP contribution >= 0.6 is 15.9 Å². The molecule has 1 aromatic heterocycles. The van der Waals surface area contributed by atoms with E-state index in [-0.39, 0.29) is 5.97 Å². The SMILES string of the molecule is CCOC(=O)c1ccc(CNc2nc3ccc(Br)cc3[nH]2)cc1. The molecular weight excluding hydrogens is 358 g/mol. The smallest absolute Gasteiger partial charge is 0.338 e. The number of nitrogens with zero attached hydrogens (tertiary/aromatic N) is 1. The average molecular weight is 374 g/mol. The van der Waals surface area contributed by atoms with Crippen LogP contribution in [0.4, 0.5) is 5.95 Å². The summed E-state index contributed by atoms with van der Waals surface area (Å²) in [6.07, 6.45) is 0. The predicted octanol–water partition coefficient (Wildman–Crippen LogP) is 4.11. The van der Waals surface area contributed by atoms with Crippen LogP contribution in [-0.4, -0.2) is 22.5 Å². The van der Waals surface area contributed by atoms with Gasteiger partial charge in [-0.1, -0.05) is 28.1 Å². The Hall–Kier alpha value is -2.34. The molecule has 0 spiro atoms. The number of nitrogens with one attached hydrogen (secondary N) is 2. The summed E-state index contributed by atoms with van der Waals surface area (Å²) in [5.41, 5.74) is 3.50. The topological polar surface area (TPSA) is 67.0 Å². The monoisotopic (exact) mass is 373 g/mol. The van der Waals surface area contributed by atoms with E-state index in [1.807, 2.05) is 30.3 Å². The van der Waals surface area contributed by atoms with E-state index in [1.54, 1.807) is 19.1 Å². The fraction of sp³-hybridized carbons (Fsp3) is 0.176. The van der Waals surface area contributed by atoms with Gasteiger partial charge in [0.15, 0.2) is 0 Å². The van der Waals surface area contributed by atoms with E-state index in [0.29, 0.717) is 24.7 Å². The van der Waals surface area contributed by atoms with Crippen LogP contribution < -0.4 is 5.32 Å². The summed E-state index contributed by atoms with van der Waals surface area (Å²) in [6, 6.07) is 13.2. The molecule has 0 amide bonds.